The van der Waals surface area contributed by atoms with Crippen molar-refractivity contribution in [2.24, 2.45) is 0 Å². The molecule has 3 heterocycles. The molecule has 0 bridgehead atoms. The van der Waals surface area contributed by atoms with Gasteiger partial charge in [-0.15, -0.1) is 0 Å². The molecule has 24 heavy (non-hydrogen) atoms. The van der Waals surface area contributed by atoms with E-state index in [-0.39, 0.29) is 12.0 Å². The summed E-state index contributed by atoms with van der Waals surface area (Å²) in [5.74, 6) is 1.26. The highest BCUT2D eigenvalue weighted by molar-refractivity contribution is 5.00. The highest BCUT2D eigenvalue weighted by Gasteiger charge is 2.28. The van der Waals surface area contributed by atoms with Crippen LogP contribution in [-0.4, -0.2) is 72.1 Å². The second-order valence-electron chi connectivity index (χ2n) is 6.35. The van der Waals surface area contributed by atoms with Gasteiger partial charge in [0.25, 0.3) is 0 Å². The summed E-state index contributed by atoms with van der Waals surface area (Å²) in [4.78, 5) is 14.8. The second-order valence-corrected chi connectivity index (χ2v) is 6.35. The zero-order valence-corrected chi connectivity index (χ0v) is 14.6. The monoisotopic (exact) mass is 340 g/mol. The zero-order chi connectivity index (χ0) is 16.9. The van der Waals surface area contributed by atoms with E-state index in [9.17, 15) is 4.79 Å². The predicted molar refractivity (Wildman–Crippen MR) is 88.1 cm³/mol. The molecule has 0 spiro atoms. The van der Waals surface area contributed by atoms with Crippen molar-refractivity contribution in [3.63, 3.8) is 0 Å². The third-order valence-corrected chi connectivity index (χ3v) is 4.83. The minimum Gasteiger partial charge on any atom is -0.383 e. The Kier molecular flexibility index (Phi) is 6.04. The van der Waals surface area contributed by atoms with Crippen LogP contribution in [0, 0.1) is 0 Å². The van der Waals surface area contributed by atoms with Crippen molar-refractivity contribution in [3.8, 4) is 0 Å². The first-order valence-corrected chi connectivity index (χ1v) is 8.85. The Bertz CT molecular complexity index is 571. The quantitative estimate of drug-likeness (QED) is 0.709. The number of hydrogen-bond acceptors (Lipinski definition) is 6. The highest BCUT2D eigenvalue weighted by Crippen LogP contribution is 2.26. The molecule has 2 aliphatic heterocycles. The lowest BCUT2D eigenvalue weighted by molar-refractivity contribution is -0.0649. The first-order chi connectivity index (χ1) is 11.7. The summed E-state index contributed by atoms with van der Waals surface area (Å²) in [5, 5.41) is 4.59. The van der Waals surface area contributed by atoms with E-state index in [4.69, 9.17) is 14.2 Å². The fraction of sp³-hybridized carbons (Fsp3) is 0.875. The van der Waals surface area contributed by atoms with E-state index in [0.717, 1.165) is 38.3 Å². The summed E-state index contributed by atoms with van der Waals surface area (Å²) in [6, 6.07) is 0. The van der Waals surface area contributed by atoms with Crippen molar-refractivity contribution in [2.45, 2.75) is 45.1 Å². The summed E-state index contributed by atoms with van der Waals surface area (Å²) in [6.07, 6.45) is 1.93. The molecule has 8 nitrogen and oxygen atoms in total. The number of rotatable bonds is 7. The van der Waals surface area contributed by atoms with E-state index in [1.54, 1.807) is 11.7 Å². The van der Waals surface area contributed by atoms with Crippen LogP contribution in [0.5, 0.6) is 0 Å². The van der Waals surface area contributed by atoms with Crippen molar-refractivity contribution in [3.05, 3.63) is 16.3 Å². The van der Waals surface area contributed by atoms with Gasteiger partial charge in [0.2, 0.25) is 0 Å². The third kappa shape index (κ3) is 3.88. The number of ether oxygens (including phenoxy) is 3. The molecule has 0 unspecified atom stereocenters. The smallest absolute Gasteiger partial charge is 0.345 e. The van der Waals surface area contributed by atoms with Crippen LogP contribution in [-0.2, 0) is 27.3 Å². The van der Waals surface area contributed by atoms with Gasteiger partial charge in [-0.05, 0) is 32.9 Å². The highest BCUT2D eigenvalue weighted by atomic mass is 16.7. The molecule has 0 radical (unpaired) electrons. The van der Waals surface area contributed by atoms with Gasteiger partial charge in [-0.1, -0.05) is 0 Å². The molecular formula is C16H28N4O4. The average Bonchev–Trinajstić information content (AvgIpc) is 3.21. The van der Waals surface area contributed by atoms with Gasteiger partial charge in [-0.2, -0.15) is 5.10 Å². The molecule has 2 aliphatic rings. The minimum atomic E-state index is -0.0800. The molecule has 0 atom stereocenters. The molecular weight excluding hydrogens is 312 g/mol. The number of piperidine rings is 1. The Morgan fingerprint density at radius 1 is 1.25 bits per heavy atom. The standard InChI is InChI=1S/C16H28N4O4/c1-3-19-15(17-20(16(19)21)8-9-22-2)13-4-6-18(7-5-13)12-14-23-10-11-24-14/h13-14H,3-12H2,1-2H3. The molecule has 3 rings (SSSR count). The first kappa shape index (κ1) is 17.6. The number of nitrogens with zero attached hydrogens (tertiary/aromatic N) is 4. The Labute approximate surface area is 142 Å². The summed E-state index contributed by atoms with van der Waals surface area (Å²) < 4.78 is 19.5. The largest absolute Gasteiger partial charge is 0.383 e. The van der Waals surface area contributed by atoms with E-state index in [2.05, 4.69) is 10.00 Å². The van der Waals surface area contributed by atoms with Crippen LogP contribution >= 0.6 is 0 Å². The molecule has 0 aliphatic carbocycles. The maximum absolute atomic E-state index is 12.4. The third-order valence-electron chi connectivity index (χ3n) is 4.83. The average molecular weight is 340 g/mol. The van der Waals surface area contributed by atoms with Gasteiger partial charge in [-0.3, -0.25) is 9.47 Å². The van der Waals surface area contributed by atoms with Crippen molar-refractivity contribution in [2.75, 3.05) is 46.6 Å². The fourth-order valence-corrected chi connectivity index (χ4v) is 3.48. The van der Waals surface area contributed by atoms with E-state index in [1.165, 1.54) is 4.68 Å². The van der Waals surface area contributed by atoms with Crippen molar-refractivity contribution in [1.29, 1.82) is 0 Å². The number of aromatic nitrogens is 3. The zero-order valence-electron chi connectivity index (χ0n) is 14.6. The molecule has 136 valence electrons. The Balaban J connectivity index is 1.61. The number of hydrogen-bond donors (Lipinski definition) is 0. The van der Waals surface area contributed by atoms with Gasteiger partial charge in [-0.25, -0.2) is 9.48 Å². The van der Waals surface area contributed by atoms with Crippen LogP contribution in [0.3, 0.4) is 0 Å². The van der Waals surface area contributed by atoms with Gasteiger partial charge in [0.15, 0.2) is 6.29 Å². The molecule has 1 aromatic heterocycles. The molecule has 8 heteroatoms. The SMILES string of the molecule is CCn1c(C2CCN(CC3OCCO3)CC2)nn(CCOC)c1=O. The van der Waals surface area contributed by atoms with Crippen LogP contribution in [0.2, 0.25) is 0 Å². The van der Waals surface area contributed by atoms with Crippen LogP contribution < -0.4 is 5.69 Å². The summed E-state index contributed by atoms with van der Waals surface area (Å²) in [5.41, 5.74) is -0.0280. The van der Waals surface area contributed by atoms with Gasteiger partial charge < -0.3 is 14.2 Å². The van der Waals surface area contributed by atoms with Crippen LogP contribution in [0.15, 0.2) is 4.79 Å². The summed E-state index contributed by atoms with van der Waals surface area (Å²) in [6.45, 7) is 7.85. The number of methoxy groups -OCH3 is 1. The van der Waals surface area contributed by atoms with E-state index in [1.807, 2.05) is 6.92 Å². The van der Waals surface area contributed by atoms with Gasteiger partial charge in [0.1, 0.15) is 5.82 Å². The lowest BCUT2D eigenvalue weighted by atomic mass is 9.96. The summed E-state index contributed by atoms with van der Waals surface area (Å²) in [7, 11) is 1.64. The fourth-order valence-electron chi connectivity index (χ4n) is 3.48. The van der Waals surface area contributed by atoms with Crippen molar-refractivity contribution in [1.82, 2.24) is 19.2 Å². The number of likely N-dealkylation sites (tertiary alicyclic amines) is 1. The van der Waals surface area contributed by atoms with Gasteiger partial charge in [0, 0.05) is 26.1 Å². The molecule has 0 amide bonds. The Hall–Kier alpha value is -1.22. The van der Waals surface area contributed by atoms with Crippen molar-refractivity contribution >= 4 is 0 Å². The molecule has 0 saturated carbocycles. The minimum absolute atomic E-state index is 0.0280. The lowest BCUT2D eigenvalue weighted by Gasteiger charge is -2.32. The maximum atomic E-state index is 12.4. The molecule has 0 N–H and O–H groups in total. The predicted octanol–water partition coefficient (Wildman–Crippen LogP) is 0.263. The Morgan fingerprint density at radius 2 is 1.96 bits per heavy atom. The van der Waals surface area contributed by atoms with E-state index >= 15 is 0 Å². The van der Waals surface area contributed by atoms with Crippen LogP contribution in [0.25, 0.3) is 0 Å². The van der Waals surface area contributed by atoms with Crippen LogP contribution in [0.4, 0.5) is 0 Å². The molecule has 2 saturated heterocycles. The Morgan fingerprint density at radius 3 is 2.58 bits per heavy atom. The topological polar surface area (TPSA) is 70.8 Å². The lowest BCUT2D eigenvalue weighted by Crippen LogP contribution is -2.39. The maximum Gasteiger partial charge on any atom is 0.345 e. The van der Waals surface area contributed by atoms with E-state index < -0.39 is 0 Å². The normalized spacial score (nSPS) is 20.9. The van der Waals surface area contributed by atoms with Gasteiger partial charge >= 0.3 is 5.69 Å². The second kappa shape index (κ2) is 8.24. The molecule has 2 fully saturated rings. The first-order valence-electron chi connectivity index (χ1n) is 8.85. The van der Waals surface area contributed by atoms with Crippen molar-refractivity contribution < 1.29 is 14.2 Å². The van der Waals surface area contributed by atoms with E-state index in [0.29, 0.717) is 38.8 Å². The van der Waals surface area contributed by atoms with Gasteiger partial charge in [0.05, 0.1) is 26.4 Å². The van der Waals surface area contributed by atoms with Crippen LogP contribution in [0.1, 0.15) is 31.5 Å². The summed E-state index contributed by atoms with van der Waals surface area (Å²) >= 11 is 0. The molecule has 0 aromatic carbocycles. The molecule has 1 aromatic rings.